The molecule has 2 N–H and O–H groups in total. The van der Waals surface area contributed by atoms with Crippen LogP contribution in [0, 0.1) is 0 Å². The van der Waals surface area contributed by atoms with Gasteiger partial charge in [0.1, 0.15) is 5.75 Å². The maximum atomic E-state index is 9.42. The predicted molar refractivity (Wildman–Crippen MR) is 66.5 cm³/mol. The molecule has 0 radical (unpaired) electrons. The smallest absolute Gasteiger partial charge is 0.159 e. The van der Waals surface area contributed by atoms with Crippen LogP contribution in [0.4, 0.5) is 0 Å². The summed E-state index contributed by atoms with van der Waals surface area (Å²) in [5.41, 5.74) is 1.77. The van der Waals surface area contributed by atoms with Crippen molar-refractivity contribution in [3.8, 4) is 17.1 Å². The molecule has 0 saturated carbocycles. The molecule has 2 aromatic rings. The maximum absolute atomic E-state index is 9.42. The molecule has 4 nitrogen and oxygen atoms in total. The number of phenolic OH excluding ortho intramolecular Hbond substituents is 1. The highest BCUT2D eigenvalue weighted by atomic mass is 16.3. The summed E-state index contributed by atoms with van der Waals surface area (Å²) in [7, 11) is 0. The molecule has 0 atom stereocenters. The van der Waals surface area contributed by atoms with Crippen molar-refractivity contribution in [3.63, 3.8) is 0 Å². The van der Waals surface area contributed by atoms with Gasteiger partial charge < -0.3 is 10.4 Å². The molecule has 0 unspecified atom stereocenters. The zero-order valence-corrected chi connectivity index (χ0v) is 9.72. The minimum absolute atomic E-state index is 0.225. The predicted octanol–water partition coefficient (Wildman–Crippen LogP) is 1.96. The van der Waals surface area contributed by atoms with Gasteiger partial charge in [-0.2, -0.15) is 0 Å². The lowest BCUT2D eigenvalue weighted by Crippen LogP contribution is -2.13. The van der Waals surface area contributed by atoms with Gasteiger partial charge in [0.05, 0.1) is 5.69 Å². The molecule has 0 spiro atoms. The number of aromatic hydroxyl groups is 1. The van der Waals surface area contributed by atoms with Crippen LogP contribution < -0.4 is 5.32 Å². The molecule has 0 aliphatic rings. The lowest BCUT2D eigenvalue weighted by Gasteiger charge is -2.04. The lowest BCUT2D eigenvalue weighted by molar-refractivity contribution is 0.475. The fourth-order valence-electron chi connectivity index (χ4n) is 1.53. The first kappa shape index (κ1) is 11.5. The van der Waals surface area contributed by atoms with Gasteiger partial charge in [0.2, 0.25) is 0 Å². The Balaban J connectivity index is 2.26. The van der Waals surface area contributed by atoms with Crippen molar-refractivity contribution >= 4 is 0 Å². The highest BCUT2D eigenvalue weighted by Crippen LogP contribution is 2.19. The van der Waals surface area contributed by atoms with E-state index in [1.165, 1.54) is 0 Å². The van der Waals surface area contributed by atoms with Gasteiger partial charge in [-0.1, -0.05) is 19.1 Å². The van der Waals surface area contributed by atoms with Crippen molar-refractivity contribution in [3.05, 3.63) is 42.2 Å². The van der Waals surface area contributed by atoms with Crippen molar-refractivity contribution in [1.82, 2.24) is 15.3 Å². The van der Waals surface area contributed by atoms with Gasteiger partial charge in [0.25, 0.3) is 0 Å². The van der Waals surface area contributed by atoms with E-state index < -0.39 is 0 Å². The zero-order chi connectivity index (χ0) is 12.1. The minimum atomic E-state index is 0.225. The molecule has 0 bridgehead atoms. The first-order chi connectivity index (χ1) is 8.29. The van der Waals surface area contributed by atoms with Crippen LogP contribution in [0.25, 0.3) is 11.4 Å². The van der Waals surface area contributed by atoms with E-state index in [1.54, 1.807) is 24.4 Å². The molecule has 0 saturated heterocycles. The first-order valence-electron chi connectivity index (χ1n) is 5.61. The summed E-state index contributed by atoms with van der Waals surface area (Å²) in [6, 6.07) is 8.84. The van der Waals surface area contributed by atoms with Crippen LogP contribution in [0.1, 0.15) is 12.6 Å². The van der Waals surface area contributed by atoms with Gasteiger partial charge in [0.15, 0.2) is 5.82 Å². The van der Waals surface area contributed by atoms with E-state index >= 15 is 0 Å². The first-order valence-corrected chi connectivity index (χ1v) is 5.61. The van der Waals surface area contributed by atoms with E-state index in [0.29, 0.717) is 5.82 Å². The maximum Gasteiger partial charge on any atom is 0.159 e. The summed E-state index contributed by atoms with van der Waals surface area (Å²) in [4.78, 5) is 8.65. The zero-order valence-electron chi connectivity index (χ0n) is 9.72. The van der Waals surface area contributed by atoms with E-state index in [0.717, 1.165) is 24.3 Å². The van der Waals surface area contributed by atoms with Gasteiger partial charge in [-0.05, 0) is 24.7 Å². The average Bonchev–Trinajstić information content (AvgIpc) is 2.37. The van der Waals surface area contributed by atoms with Crippen LogP contribution in [-0.4, -0.2) is 21.6 Å². The molecule has 0 fully saturated rings. The molecular formula is C13H15N3O. The van der Waals surface area contributed by atoms with Gasteiger partial charge in [-0.25, -0.2) is 9.97 Å². The molecule has 0 amide bonds. The Morgan fingerprint density at radius 3 is 2.94 bits per heavy atom. The van der Waals surface area contributed by atoms with Gasteiger partial charge >= 0.3 is 0 Å². The van der Waals surface area contributed by atoms with Crippen LogP contribution in [0.3, 0.4) is 0 Å². The second-order valence-corrected chi connectivity index (χ2v) is 3.70. The second kappa shape index (κ2) is 5.41. The Bertz CT molecular complexity index is 500. The van der Waals surface area contributed by atoms with Crippen LogP contribution in [0.5, 0.6) is 5.75 Å². The standard InChI is InChI=1S/C13H15N3O/c1-2-14-9-11-6-7-15-13(16-11)10-4-3-5-12(17)8-10/h3-8,14,17H,2,9H2,1H3. The van der Waals surface area contributed by atoms with E-state index in [4.69, 9.17) is 0 Å². The summed E-state index contributed by atoms with van der Waals surface area (Å²) >= 11 is 0. The largest absolute Gasteiger partial charge is 0.508 e. The second-order valence-electron chi connectivity index (χ2n) is 3.70. The number of rotatable bonds is 4. The molecule has 4 heteroatoms. The number of benzene rings is 1. The van der Waals surface area contributed by atoms with E-state index in [2.05, 4.69) is 22.2 Å². The van der Waals surface area contributed by atoms with Crippen LogP contribution in [-0.2, 0) is 6.54 Å². The third-order valence-electron chi connectivity index (χ3n) is 2.37. The Hall–Kier alpha value is -1.94. The molecule has 1 aromatic carbocycles. The van der Waals surface area contributed by atoms with Gasteiger partial charge in [0, 0.05) is 18.3 Å². The number of nitrogens with zero attached hydrogens (tertiary/aromatic N) is 2. The van der Waals surface area contributed by atoms with Crippen molar-refractivity contribution in [2.45, 2.75) is 13.5 Å². The lowest BCUT2D eigenvalue weighted by atomic mass is 10.2. The van der Waals surface area contributed by atoms with Gasteiger partial charge in [-0.15, -0.1) is 0 Å². The molecule has 17 heavy (non-hydrogen) atoms. The molecule has 2 rings (SSSR count). The Morgan fingerprint density at radius 2 is 2.18 bits per heavy atom. The Kier molecular flexibility index (Phi) is 3.67. The summed E-state index contributed by atoms with van der Waals surface area (Å²) in [6.07, 6.45) is 1.74. The number of hydrogen-bond donors (Lipinski definition) is 2. The van der Waals surface area contributed by atoms with Crippen LogP contribution in [0.15, 0.2) is 36.5 Å². The normalized spacial score (nSPS) is 10.4. The summed E-state index contributed by atoms with van der Waals surface area (Å²) < 4.78 is 0. The molecular weight excluding hydrogens is 214 g/mol. The molecule has 88 valence electrons. The van der Waals surface area contributed by atoms with E-state index in [9.17, 15) is 5.11 Å². The number of phenols is 1. The highest BCUT2D eigenvalue weighted by molar-refractivity contribution is 5.57. The fourth-order valence-corrected chi connectivity index (χ4v) is 1.53. The molecule has 0 aliphatic carbocycles. The van der Waals surface area contributed by atoms with Crippen molar-refractivity contribution in [2.24, 2.45) is 0 Å². The quantitative estimate of drug-likeness (QED) is 0.841. The molecule has 1 aromatic heterocycles. The Labute approximate surface area is 100 Å². The SMILES string of the molecule is CCNCc1ccnc(-c2cccc(O)c2)n1. The van der Waals surface area contributed by atoms with Crippen LogP contribution in [0.2, 0.25) is 0 Å². The summed E-state index contributed by atoms with van der Waals surface area (Å²) in [5.74, 6) is 0.861. The van der Waals surface area contributed by atoms with Crippen molar-refractivity contribution < 1.29 is 5.11 Å². The molecule has 1 heterocycles. The summed E-state index contributed by atoms with van der Waals surface area (Å²) in [6.45, 7) is 3.69. The van der Waals surface area contributed by atoms with Gasteiger partial charge in [-0.3, -0.25) is 0 Å². The fraction of sp³-hybridized carbons (Fsp3) is 0.231. The highest BCUT2D eigenvalue weighted by Gasteiger charge is 2.03. The number of aromatic nitrogens is 2. The van der Waals surface area contributed by atoms with Crippen molar-refractivity contribution in [1.29, 1.82) is 0 Å². The number of nitrogens with one attached hydrogen (secondary N) is 1. The Morgan fingerprint density at radius 1 is 1.29 bits per heavy atom. The monoisotopic (exact) mass is 229 g/mol. The van der Waals surface area contributed by atoms with E-state index in [-0.39, 0.29) is 5.75 Å². The third-order valence-corrected chi connectivity index (χ3v) is 2.37. The van der Waals surface area contributed by atoms with Crippen molar-refractivity contribution in [2.75, 3.05) is 6.54 Å². The number of hydrogen-bond acceptors (Lipinski definition) is 4. The van der Waals surface area contributed by atoms with E-state index in [1.807, 2.05) is 12.1 Å². The average molecular weight is 229 g/mol. The summed E-state index contributed by atoms with van der Waals surface area (Å²) in [5, 5.41) is 12.6. The third kappa shape index (κ3) is 3.01. The molecule has 0 aliphatic heterocycles. The minimum Gasteiger partial charge on any atom is -0.508 e. The topological polar surface area (TPSA) is 58.0 Å². The van der Waals surface area contributed by atoms with Crippen LogP contribution >= 0.6 is 0 Å².